The standard InChI is InChI=1S/C17H35O2.CH3.Y/c1-5-7-9-11-13-15-18-17(3,4)19-16-14-12-10-8-6-2;;/h3,5-16H2,1-2,4H3;1H3;/q2*-1;. The first kappa shape index (κ1) is 26.9. The Morgan fingerprint density at radius 1 is 0.714 bits per heavy atom. The molecule has 1 radical (unpaired) electrons. The Hall–Kier alpha value is 1.02. The van der Waals surface area contributed by atoms with Crippen molar-refractivity contribution < 1.29 is 42.2 Å². The van der Waals surface area contributed by atoms with Crippen molar-refractivity contribution in [1.29, 1.82) is 0 Å². The number of ether oxygens (including phenoxy) is 2. The Morgan fingerprint density at radius 3 is 1.38 bits per heavy atom. The van der Waals surface area contributed by atoms with Gasteiger partial charge in [-0.3, -0.25) is 6.92 Å². The van der Waals surface area contributed by atoms with Gasteiger partial charge in [-0.15, -0.1) is 0 Å². The SMILES string of the molecule is [CH2-]C(C)(OCCCCCCC)OCCCCCCC.[CH3-].[Y]. The predicted octanol–water partition coefficient (Wildman–Crippen LogP) is 5.96. The van der Waals surface area contributed by atoms with Crippen LogP contribution in [-0.4, -0.2) is 19.0 Å². The van der Waals surface area contributed by atoms with Crippen LogP contribution in [0.2, 0.25) is 0 Å². The zero-order chi connectivity index (χ0) is 14.4. The maximum Gasteiger partial charge on any atom is 0.0467 e. The monoisotopic (exact) mass is 375 g/mol. The Morgan fingerprint density at radius 2 is 1.05 bits per heavy atom. The molecule has 0 spiro atoms. The molecule has 21 heavy (non-hydrogen) atoms. The van der Waals surface area contributed by atoms with Crippen LogP contribution in [0.15, 0.2) is 0 Å². The average Bonchev–Trinajstić information content (AvgIpc) is 2.38. The molecule has 0 aromatic heterocycles. The summed E-state index contributed by atoms with van der Waals surface area (Å²) in [5.74, 6) is -0.657. The second-order valence-electron chi connectivity index (χ2n) is 5.66. The third kappa shape index (κ3) is 21.0. The molecule has 0 aliphatic heterocycles. The van der Waals surface area contributed by atoms with E-state index in [-0.39, 0.29) is 40.1 Å². The topological polar surface area (TPSA) is 18.5 Å². The second-order valence-corrected chi connectivity index (χ2v) is 5.66. The quantitative estimate of drug-likeness (QED) is 0.212. The number of hydrogen-bond donors (Lipinski definition) is 0. The van der Waals surface area contributed by atoms with Gasteiger partial charge in [-0.2, -0.15) is 0 Å². The number of hydrogen-bond acceptors (Lipinski definition) is 2. The first-order valence-electron chi connectivity index (χ1n) is 8.25. The summed E-state index contributed by atoms with van der Waals surface area (Å²) < 4.78 is 11.4. The van der Waals surface area contributed by atoms with Crippen molar-refractivity contribution in [2.24, 2.45) is 0 Å². The molecule has 3 heteroatoms. The van der Waals surface area contributed by atoms with E-state index in [0.717, 1.165) is 26.1 Å². The van der Waals surface area contributed by atoms with Gasteiger partial charge < -0.3 is 16.9 Å². The van der Waals surface area contributed by atoms with Crippen LogP contribution in [0.25, 0.3) is 0 Å². The van der Waals surface area contributed by atoms with E-state index < -0.39 is 5.79 Å². The molecular formula is C18H38O2Y-2. The van der Waals surface area contributed by atoms with E-state index in [9.17, 15) is 0 Å². The molecule has 127 valence electrons. The van der Waals surface area contributed by atoms with E-state index in [0.29, 0.717) is 0 Å². The van der Waals surface area contributed by atoms with E-state index in [1.807, 2.05) is 6.92 Å². The zero-order valence-electron chi connectivity index (χ0n) is 15.1. The van der Waals surface area contributed by atoms with Gasteiger partial charge in [-0.1, -0.05) is 65.2 Å². The summed E-state index contributed by atoms with van der Waals surface area (Å²) in [5, 5.41) is 0. The van der Waals surface area contributed by atoms with Gasteiger partial charge in [-0.25, -0.2) is 0 Å². The Labute approximate surface area is 160 Å². The van der Waals surface area contributed by atoms with Gasteiger partial charge in [0.15, 0.2) is 0 Å². The van der Waals surface area contributed by atoms with Gasteiger partial charge in [0.1, 0.15) is 0 Å². The van der Waals surface area contributed by atoms with Crippen molar-refractivity contribution in [1.82, 2.24) is 0 Å². The Bertz CT molecular complexity index is 166. The number of unbranched alkanes of at least 4 members (excludes halogenated alkanes) is 8. The molecule has 0 N–H and O–H groups in total. The van der Waals surface area contributed by atoms with Gasteiger partial charge in [0.25, 0.3) is 0 Å². The van der Waals surface area contributed by atoms with Crippen molar-refractivity contribution in [3.63, 3.8) is 0 Å². The summed E-state index contributed by atoms with van der Waals surface area (Å²) in [6.07, 6.45) is 12.6. The smallest absolute Gasteiger partial charge is 0.0467 e. The summed E-state index contributed by atoms with van der Waals surface area (Å²) >= 11 is 0. The van der Waals surface area contributed by atoms with Crippen LogP contribution in [0.5, 0.6) is 0 Å². The fraction of sp³-hybridized carbons (Fsp3) is 0.889. The third-order valence-corrected chi connectivity index (χ3v) is 3.31. The minimum absolute atomic E-state index is 0. The van der Waals surface area contributed by atoms with Crippen molar-refractivity contribution in [2.45, 2.75) is 90.8 Å². The van der Waals surface area contributed by atoms with E-state index in [2.05, 4.69) is 20.8 Å². The summed E-state index contributed by atoms with van der Waals surface area (Å²) in [4.78, 5) is 0. The Kier molecular flexibility index (Phi) is 24.4. The molecular weight excluding hydrogens is 337 g/mol. The van der Waals surface area contributed by atoms with Crippen LogP contribution >= 0.6 is 0 Å². The van der Waals surface area contributed by atoms with Crippen molar-refractivity contribution in [3.8, 4) is 0 Å². The van der Waals surface area contributed by atoms with E-state index in [4.69, 9.17) is 9.47 Å². The fourth-order valence-electron chi connectivity index (χ4n) is 2.03. The molecule has 0 aromatic rings. The first-order valence-corrected chi connectivity index (χ1v) is 8.25. The van der Waals surface area contributed by atoms with Gasteiger partial charge in [-0.05, 0) is 19.8 Å². The molecule has 2 nitrogen and oxygen atoms in total. The molecule has 0 fully saturated rings. The molecule has 0 bridgehead atoms. The second kappa shape index (κ2) is 19.1. The first-order chi connectivity index (χ1) is 9.12. The molecule has 0 aromatic carbocycles. The fourth-order valence-corrected chi connectivity index (χ4v) is 2.03. The summed E-state index contributed by atoms with van der Waals surface area (Å²) in [6, 6.07) is 0. The summed E-state index contributed by atoms with van der Waals surface area (Å²) in [5.41, 5.74) is 0. The average molecular weight is 375 g/mol. The van der Waals surface area contributed by atoms with Gasteiger partial charge in [0.2, 0.25) is 0 Å². The predicted molar refractivity (Wildman–Crippen MR) is 89.6 cm³/mol. The van der Waals surface area contributed by atoms with Crippen LogP contribution in [0.1, 0.15) is 85.0 Å². The van der Waals surface area contributed by atoms with Crippen LogP contribution in [-0.2, 0) is 42.2 Å². The summed E-state index contributed by atoms with van der Waals surface area (Å²) in [6.45, 7) is 11.9. The largest absolute Gasteiger partial charge is 0.381 e. The normalized spacial score (nSPS) is 10.9. The van der Waals surface area contributed by atoms with Gasteiger partial charge >= 0.3 is 0 Å². The maximum atomic E-state index is 5.70. The molecule has 0 atom stereocenters. The van der Waals surface area contributed by atoms with Crippen molar-refractivity contribution in [3.05, 3.63) is 14.4 Å². The minimum atomic E-state index is -0.657. The third-order valence-electron chi connectivity index (χ3n) is 3.31. The molecule has 0 aliphatic rings. The van der Waals surface area contributed by atoms with E-state index in [1.54, 1.807) is 0 Å². The molecule has 0 unspecified atom stereocenters. The molecule has 0 saturated heterocycles. The van der Waals surface area contributed by atoms with Crippen LogP contribution in [0, 0.1) is 14.4 Å². The molecule has 0 amide bonds. The van der Waals surface area contributed by atoms with Crippen molar-refractivity contribution in [2.75, 3.05) is 13.2 Å². The van der Waals surface area contributed by atoms with Crippen molar-refractivity contribution >= 4 is 0 Å². The minimum Gasteiger partial charge on any atom is -0.381 e. The zero-order valence-corrected chi connectivity index (χ0v) is 17.9. The molecule has 0 aliphatic carbocycles. The van der Waals surface area contributed by atoms with E-state index in [1.165, 1.54) is 51.4 Å². The molecule has 0 heterocycles. The summed E-state index contributed by atoms with van der Waals surface area (Å²) in [7, 11) is 0. The van der Waals surface area contributed by atoms with Gasteiger partial charge in [0, 0.05) is 51.7 Å². The number of rotatable bonds is 14. The van der Waals surface area contributed by atoms with Crippen LogP contribution in [0.4, 0.5) is 0 Å². The van der Waals surface area contributed by atoms with Gasteiger partial charge in [0.05, 0.1) is 0 Å². The Balaban J connectivity index is -0.00000162. The maximum absolute atomic E-state index is 5.70. The van der Waals surface area contributed by atoms with Crippen LogP contribution in [0.3, 0.4) is 0 Å². The van der Waals surface area contributed by atoms with Crippen LogP contribution < -0.4 is 0 Å². The molecule has 0 rings (SSSR count). The molecule has 0 saturated carbocycles. The van der Waals surface area contributed by atoms with E-state index >= 15 is 0 Å².